The van der Waals surface area contributed by atoms with Crippen LogP contribution in [0.3, 0.4) is 0 Å². The minimum atomic E-state index is -1.04. The molecule has 0 spiro atoms. The van der Waals surface area contributed by atoms with Gasteiger partial charge in [-0.1, -0.05) is 0 Å². The number of carboxylic acids is 1. The average Bonchev–Trinajstić information content (AvgIpc) is 2.78. The number of aliphatic carboxylic acids is 1. The Morgan fingerprint density at radius 2 is 2.35 bits per heavy atom. The van der Waals surface area contributed by atoms with Crippen LogP contribution in [0.4, 0.5) is 15.8 Å². The van der Waals surface area contributed by atoms with Crippen LogP contribution in [0.15, 0.2) is 30.6 Å². The van der Waals surface area contributed by atoms with E-state index in [1.807, 2.05) is 0 Å². The number of hydrogen-bond acceptors (Lipinski definition) is 4. The van der Waals surface area contributed by atoms with Crippen LogP contribution in [0.5, 0.6) is 0 Å². The Bertz CT molecular complexity index is 627. The van der Waals surface area contributed by atoms with Gasteiger partial charge in [-0.05, 0) is 23.8 Å². The molecule has 0 aliphatic carbocycles. The predicted octanol–water partition coefficient (Wildman–Crippen LogP) is 1.25. The molecule has 0 radical (unpaired) electrons. The number of hydrogen-bond donors (Lipinski definition) is 3. The number of rotatable bonds is 5. The second-order valence-electron chi connectivity index (χ2n) is 4.49. The first-order valence-electron chi connectivity index (χ1n) is 5.97. The highest BCUT2D eigenvalue weighted by Gasteiger charge is 2.19. The summed E-state index contributed by atoms with van der Waals surface area (Å²) in [5.41, 5.74) is 7.02. The Morgan fingerprint density at radius 1 is 1.60 bits per heavy atom. The molecule has 20 heavy (non-hydrogen) atoms. The number of nitrogens with zero attached hydrogens (tertiary/aromatic N) is 2. The van der Waals surface area contributed by atoms with Crippen molar-refractivity contribution in [3.05, 3.63) is 42.0 Å². The third-order valence-corrected chi connectivity index (χ3v) is 2.84. The summed E-state index contributed by atoms with van der Waals surface area (Å²) < 4.78 is 14.8. The van der Waals surface area contributed by atoms with Crippen LogP contribution in [0, 0.1) is 5.82 Å². The van der Waals surface area contributed by atoms with Crippen LogP contribution >= 0.6 is 0 Å². The largest absolute Gasteiger partial charge is 0.480 e. The maximum absolute atomic E-state index is 13.2. The van der Waals surface area contributed by atoms with Crippen molar-refractivity contribution in [1.29, 1.82) is 0 Å². The van der Waals surface area contributed by atoms with E-state index in [1.54, 1.807) is 24.1 Å². The van der Waals surface area contributed by atoms with Crippen LogP contribution in [-0.2, 0) is 18.3 Å². The summed E-state index contributed by atoms with van der Waals surface area (Å²) in [7, 11) is 1.75. The lowest BCUT2D eigenvalue weighted by atomic mass is 10.1. The molecule has 6 nitrogen and oxygen atoms in total. The number of nitrogens with one attached hydrogen (secondary N) is 1. The number of carbonyl (C=O) groups is 1. The van der Waals surface area contributed by atoms with E-state index in [9.17, 15) is 14.3 Å². The quantitative estimate of drug-likeness (QED) is 0.716. The normalized spacial score (nSPS) is 12.1. The van der Waals surface area contributed by atoms with Crippen molar-refractivity contribution in [3.63, 3.8) is 0 Å². The zero-order valence-electron chi connectivity index (χ0n) is 10.9. The molecule has 0 saturated carbocycles. The van der Waals surface area contributed by atoms with Crippen molar-refractivity contribution in [3.8, 4) is 0 Å². The van der Waals surface area contributed by atoms with Gasteiger partial charge in [-0.2, -0.15) is 5.10 Å². The Balaban J connectivity index is 2.17. The summed E-state index contributed by atoms with van der Waals surface area (Å²) in [5.74, 6) is -1.52. The van der Waals surface area contributed by atoms with E-state index in [0.29, 0.717) is 5.69 Å². The van der Waals surface area contributed by atoms with E-state index in [0.717, 1.165) is 5.56 Å². The van der Waals surface area contributed by atoms with Gasteiger partial charge in [0.15, 0.2) is 0 Å². The molecule has 0 amide bonds. The van der Waals surface area contributed by atoms with E-state index >= 15 is 0 Å². The van der Waals surface area contributed by atoms with E-state index in [-0.39, 0.29) is 12.1 Å². The summed E-state index contributed by atoms with van der Waals surface area (Å²) in [6, 6.07) is 2.87. The lowest BCUT2D eigenvalue weighted by Gasteiger charge is -2.16. The molecule has 1 aromatic heterocycles. The van der Waals surface area contributed by atoms with Gasteiger partial charge in [0, 0.05) is 19.7 Å². The van der Waals surface area contributed by atoms with Crippen molar-refractivity contribution in [1.82, 2.24) is 9.78 Å². The van der Waals surface area contributed by atoms with E-state index < -0.39 is 17.8 Å². The topological polar surface area (TPSA) is 93.2 Å². The number of halogens is 1. The van der Waals surface area contributed by atoms with E-state index in [1.165, 1.54) is 18.2 Å². The van der Waals surface area contributed by atoms with Gasteiger partial charge in [0.25, 0.3) is 0 Å². The highest BCUT2D eigenvalue weighted by Crippen LogP contribution is 2.21. The Labute approximate surface area is 115 Å². The standard InChI is InChI=1S/C13H15FN4O2/c1-18-7-8(6-16-18)4-12(13(19)20)17-11-5-9(14)2-3-10(11)15/h2-3,5-7,12,17H,4,15H2,1H3,(H,19,20). The third kappa shape index (κ3) is 3.25. The fraction of sp³-hybridized carbons (Fsp3) is 0.231. The van der Waals surface area contributed by atoms with Gasteiger partial charge in [-0.15, -0.1) is 0 Å². The number of nitrogens with two attached hydrogens (primary N) is 1. The van der Waals surface area contributed by atoms with Crippen molar-refractivity contribution in [2.75, 3.05) is 11.1 Å². The summed E-state index contributed by atoms with van der Waals surface area (Å²) in [6.07, 6.45) is 3.54. The first-order chi connectivity index (χ1) is 9.45. The summed E-state index contributed by atoms with van der Waals surface area (Å²) in [4.78, 5) is 11.3. The van der Waals surface area contributed by atoms with Crippen LogP contribution < -0.4 is 11.1 Å². The Kier molecular flexibility index (Phi) is 3.88. The Hall–Kier alpha value is -2.57. The van der Waals surface area contributed by atoms with Gasteiger partial charge in [-0.3, -0.25) is 4.68 Å². The smallest absolute Gasteiger partial charge is 0.326 e. The fourth-order valence-corrected chi connectivity index (χ4v) is 1.85. The lowest BCUT2D eigenvalue weighted by Crippen LogP contribution is -2.31. The number of benzene rings is 1. The maximum Gasteiger partial charge on any atom is 0.326 e. The molecule has 1 aromatic carbocycles. The molecule has 0 aliphatic rings. The summed E-state index contributed by atoms with van der Waals surface area (Å²) in [6.45, 7) is 0. The lowest BCUT2D eigenvalue weighted by molar-refractivity contribution is -0.137. The first kappa shape index (κ1) is 13.9. The zero-order chi connectivity index (χ0) is 14.7. The minimum Gasteiger partial charge on any atom is -0.480 e. The van der Waals surface area contributed by atoms with Crippen LogP contribution in [0.2, 0.25) is 0 Å². The molecule has 2 aromatic rings. The monoisotopic (exact) mass is 278 g/mol. The number of nitrogen functional groups attached to an aromatic ring is 1. The highest BCUT2D eigenvalue weighted by molar-refractivity contribution is 5.80. The molecule has 7 heteroatoms. The fourth-order valence-electron chi connectivity index (χ4n) is 1.85. The molecule has 0 aliphatic heterocycles. The maximum atomic E-state index is 13.2. The van der Waals surface area contributed by atoms with Gasteiger partial charge < -0.3 is 16.2 Å². The van der Waals surface area contributed by atoms with Gasteiger partial charge in [-0.25, -0.2) is 9.18 Å². The van der Waals surface area contributed by atoms with Gasteiger partial charge in [0.05, 0.1) is 17.6 Å². The molecule has 1 atom stereocenters. The summed E-state index contributed by atoms with van der Waals surface area (Å²) in [5, 5.41) is 16.0. The second kappa shape index (κ2) is 5.60. The SMILES string of the molecule is Cn1cc(CC(Nc2cc(F)ccc2N)C(=O)O)cn1. The van der Waals surface area contributed by atoms with Crippen LogP contribution in [0.1, 0.15) is 5.56 Å². The van der Waals surface area contributed by atoms with E-state index in [4.69, 9.17) is 5.73 Å². The molecule has 0 bridgehead atoms. The van der Waals surface area contributed by atoms with Crippen molar-refractivity contribution in [2.24, 2.45) is 7.05 Å². The number of carboxylic acid groups (broad SMARTS) is 1. The second-order valence-corrected chi connectivity index (χ2v) is 4.49. The molecule has 106 valence electrons. The van der Waals surface area contributed by atoms with Crippen LogP contribution in [-0.4, -0.2) is 26.9 Å². The minimum absolute atomic E-state index is 0.221. The number of aromatic nitrogens is 2. The van der Waals surface area contributed by atoms with Crippen molar-refractivity contribution >= 4 is 17.3 Å². The zero-order valence-corrected chi connectivity index (χ0v) is 10.9. The molecule has 0 saturated heterocycles. The van der Waals surface area contributed by atoms with Crippen molar-refractivity contribution < 1.29 is 14.3 Å². The molecule has 1 unspecified atom stereocenters. The number of anilines is 2. The van der Waals surface area contributed by atoms with Crippen LogP contribution in [0.25, 0.3) is 0 Å². The van der Waals surface area contributed by atoms with Gasteiger partial charge in [0.2, 0.25) is 0 Å². The van der Waals surface area contributed by atoms with Gasteiger partial charge in [0.1, 0.15) is 11.9 Å². The molecule has 0 fully saturated rings. The molecular formula is C13H15FN4O2. The first-order valence-corrected chi connectivity index (χ1v) is 5.97. The predicted molar refractivity (Wildman–Crippen MR) is 72.8 cm³/mol. The third-order valence-electron chi connectivity index (χ3n) is 2.84. The molecule has 1 heterocycles. The average molecular weight is 278 g/mol. The highest BCUT2D eigenvalue weighted by atomic mass is 19.1. The Morgan fingerprint density at radius 3 is 2.95 bits per heavy atom. The molecular weight excluding hydrogens is 263 g/mol. The van der Waals surface area contributed by atoms with E-state index in [2.05, 4.69) is 10.4 Å². The molecule has 4 N–H and O–H groups in total. The van der Waals surface area contributed by atoms with Gasteiger partial charge >= 0.3 is 5.97 Å². The number of aryl methyl sites for hydroxylation is 1. The summed E-state index contributed by atoms with van der Waals surface area (Å²) >= 11 is 0. The molecule has 2 rings (SSSR count). The van der Waals surface area contributed by atoms with Crippen molar-refractivity contribution in [2.45, 2.75) is 12.5 Å².